The third-order valence-corrected chi connectivity index (χ3v) is 2.19. The van der Waals surface area contributed by atoms with Crippen LogP contribution < -0.4 is 0 Å². The van der Waals surface area contributed by atoms with Gasteiger partial charge >= 0.3 is 0 Å². The molecular formula is C12H9N3O. The molecule has 0 aliphatic carbocycles. The minimum Gasteiger partial charge on any atom is -0.398 e. The van der Waals surface area contributed by atoms with Gasteiger partial charge in [0, 0.05) is 17.1 Å². The fraction of sp³-hybridized carbons (Fsp3) is 0.0833. The molecule has 2 rings (SSSR count). The lowest BCUT2D eigenvalue weighted by Crippen LogP contribution is -1.99. The van der Waals surface area contributed by atoms with Crippen LogP contribution in [0, 0.1) is 11.3 Å². The summed E-state index contributed by atoms with van der Waals surface area (Å²) in [6.45, 7) is 0. The van der Waals surface area contributed by atoms with E-state index in [1.165, 1.54) is 7.11 Å². The topological polar surface area (TPSA) is 58.3 Å². The Balaban J connectivity index is 2.70. The lowest BCUT2D eigenvalue weighted by molar-refractivity contribution is 0.214. The molecule has 2 aromatic rings. The highest BCUT2D eigenvalue weighted by atomic mass is 16.6. The van der Waals surface area contributed by atoms with Crippen molar-refractivity contribution in [2.24, 2.45) is 5.16 Å². The molecule has 0 atom stereocenters. The summed E-state index contributed by atoms with van der Waals surface area (Å²) in [4.78, 5) is 8.86. The molecule has 4 nitrogen and oxygen atoms in total. The van der Waals surface area contributed by atoms with Gasteiger partial charge in [0.2, 0.25) is 0 Å². The zero-order valence-corrected chi connectivity index (χ0v) is 8.71. The van der Waals surface area contributed by atoms with Gasteiger partial charge < -0.3 is 4.84 Å². The summed E-state index contributed by atoms with van der Waals surface area (Å²) >= 11 is 0. The zero-order valence-electron chi connectivity index (χ0n) is 8.71. The minimum absolute atomic E-state index is 0.251. The Bertz CT molecular complexity index is 579. The molecule has 0 aliphatic rings. The second-order valence-electron chi connectivity index (χ2n) is 3.11. The van der Waals surface area contributed by atoms with Gasteiger partial charge in [0.25, 0.3) is 0 Å². The first-order chi connectivity index (χ1) is 7.86. The van der Waals surface area contributed by atoms with Crippen LogP contribution in [0.4, 0.5) is 0 Å². The number of para-hydroxylation sites is 1. The van der Waals surface area contributed by atoms with E-state index in [9.17, 15) is 0 Å². The molecule has 0 spiro atoms. The maximum absolute atomic E-state index is 8.99. The van der Waals surface area contributed by atoms with Crippen molar-refractivity contribution >= 4 is 16.6 Å². The van der Waals surface area contributed by atoms with Gasteiger partial charge in [0.15, 0.2) is 5.71 Å². The molecule has 0 amide bonds. The highest BCUT2D eigenvalue weighted by molar-refractivity contribution is 6.17. The first kappa shape index (κ1) is 10.1. The van der Waals surface area contributed by atoms with E-state index < -0.39 is 0 Å². The molecule has 1 heterocycles. The fourth-order valence-corrected chi connectivity index (χ4v) is 1.52. The van der Waals surface area contributed by atoms with Gasteiger partial charge in [-0.05, 0) is 12.1 Å². The number of hydrogen-bond acceptors (Lipinski definition) is 4. The Morgan fingerprint density at radius 3 is 2.94 bits per heavy atom. The van der Waals surface area contributed by atoms with Crippen LogP contribution >= 0.6 is 0 Å². The summed E-state index contributed by atoms with van der Waals surface area (Å²) in [5.41, 5.74) is 1.81. The van der Waals surface area contributed by atoms with E-state index in [1.54, 1.807) is 12.3 Å². The van der Waals surface area contributed by atoms with Gasteiger partial charge in [-0.25, -0.2) is 0 Å². The van der Waals surface area contributed by atoms with Crippen molar-refractivity contribution in [1.82, 2.24) is 4.98 Å². The molecule has 0 aliphatic heterocycles. The van der Waals surface area contributed by atoms with Crippen molar-refractivity contribution in [1.29, 1.82) is 5.26 Å². The molecule has 0 N–H and O–H groups in total. The Morgan fingerprint density at radius 1 is 1.38 bits per heavy atom. The first-order valence-electron chi connectivity index (χ1n) is 4.72. The summed E-state index contributed by atoms with van der Waals surface area (Å²) in [5, 5.41) is 13.6. The molecule has 4 heteroatoms. The highest BCUT2D eigenvalue weighted by Crippen LogP contribution is 2.16. The third kappa shape index (κ3) is 1.71. The quantitative estimate of drug-likeness (QED) is 0.564. The van der Waals surface area contributed by atoms with Crippen molar-refractivity contribution in [2.75, 3.05) is 7.11 Å². The third-order valence-electron chi connectivity index (χ3n) is 2.19. The van der Waals surface area contributed by atoms with E-state index in [0.717, 1.165) is 16.5 Å². The van der Waals surface area contributed by atoms with Crippen LogP contribution in [0.1, 0.15) is 5.56 Å². The average molecular weight is 211 g/mol. The SMILES string of the molecule is CO/N=C(\C#N)c1ccnc2ccccc12. The lowest BCUT2D eigenvalue weighted by atomic mass is 10.1. The number of oxime groups is 1. The van der Waals surface area contributed by atoms with E-state index >= 15 is 0 Å². The average Bonchev–Trinajstić information content (AvgIpc) is 2.35. The van der Waals surface area contributed by atoms with Crippen molar-refractivity contribution in [3.05, 3.63) is 42.1 Å². The van der Waals surface area contributed by atoms with E-state index in [4.69, 9.17) is 5.26 Å². The number of rotatable bonds is 2. The molecule has 1 aromatic heterocycles. The number of hydrogen-bond donors (Lipinski definition) is 0. The molecular weight excluding hydrogens is 202 g/mol. The molecule has 0 bridgehead atoms. The van der Waals surface area contributed by atoms with Crippen molar-refractivity contribution in [3.8, 4) is 6.07 Å². The van der Waals surface area contributed by atoms with Crippen LogP contribution in [-0.4, -0.2) is 17.8 Å². The molecule has 0 radical (unpaired) electrons. The summed E-state index contributed by atoms with van der Waals surface area (Å²) in [7, 11) is 1.42. The second-order valence-corrected chi connectivity index (χ2v) is 3.11. The number of nitriles is 1. The maximum Gasteiger partial charge on any atom is 0.187 e. The summed E-state index contributed by atoms with van der Waals surface area (Å²) in [5.74, 6) is 0. The Labute approximate surface area is 92.8 Å². The molecule has 0 unspecified atom stereocenters. The van der Waals surface area contributed by atoms with Crippen molar-refractivity contribution in [2.45, 2.75) is 0 Å². The molecule has 0 saturated heterocycles. The predicted octanol–water partition coefficient (Wildman–Crippen LogP) is 2.11. The molecule has 0 saturated carbocycles. The molecule has 16 heavy (non-hydrogen) atoms. The van der Waals surface area contributed by atoms with Crippen LogP contribution in [0.25, 0.3) is 10.9 Å². The maximum atomic E-state index is 8.99. The number of fused-ring (bicyclic) bond motifs is 1. The summed E-state index contributed by atoms with van der Waals surface area (Å²) in [6.07, 6.45) is 1.65. The molecule has 0 fully saturated rings. The highest BCUT2D eigenvalue weighted by Gasteiger charge is 2.08. The largest absolute Gasteiger partial charge is 0.398 e. The fourth-order valence-electron chi connectivity index (χ4n) is 1.52. The number of benzene rings is 1. The second kappa shape index (κ2) is 4.41. The van der Waals surface area contributed by atoms with Gasteiger partial charge in [-0.15, -0.1) is 0 Å². The standard InChI is InChI=1S/C12H9N3O/c1-16-15-12(8-13)10-6-7-14-11-5-3-2-4-9(10)11/h2-7H,1H3/b15-12+. The molecule has 78 valence electrons. The smallest absolute Gasteiger partial charge is 0.187 e. The van der Waals surface area contributed by atoms with Crippen LogP contribution in [0.2, 0.25) is 0 Å². The number of nitrogens with zero attached hydrogens (tertiary/aromatic N) is 3. The normalized spacial score (nSPS) is 11.1. The van der Waals surface area contributed by atoms with Gasteiger partial charge in [0.1, 0.15) is 13.2 Å². The summed E-state index contributed by atoms with van der Waals surface area (Å²) < 4.78 is 0. The first-order valence-corrected chi connectivity index (χ1v) is 4.72. The van der Waals surface area contributed by atoms with E-state index in [1.807, 2.05) is 30.3 Å². The minimum atomic E-state index is 0.251. The van der Waals surface area contributed by atoms with E-state index in [2.05, 4.69) is 15.0 Å². The van der Waals surface area contributed by atoms with Crippen LogP contribution in [0.15, 0.2) is 41.7 Å². The Hall–Kier alpha value is -2.41. The van der Waals surface area contributed by atoms with Gasteiger partial charge in [-0.3, -0.25) is 4.98 Å². The van der Waals surface area contributed by atoms with Gasteiger partial charge in [0.05, 0.1) is 5.52 Å². The van der Waals surface area contributed by atoms with Gasteiger partial charge in [-0.2, -0.15) is 5.26 Å². The molecule has 1 aromatic carbocycles. The van der Waals surface area contributed by atoms with Crippen molar-refractivity contribution < 1.29 is 4.84 Å². The Kier molecular flexibility index (Phi) is 2.79. The van der Waals surface area contributed by atoms with Gasteiger partial charge in [-0.1, -0.05) is 23.4 Å². The van der Waals surface area contributed by atoms with Crippen molar-refractivity contribution in [3.63, 3.8) is 0 Å². The van der Waals surface area contributed by atoms with Crippen LogP contribution in [0.5, 0.6) is 0 Å². The van der Waals surface area contributed by atoms with Crippen LogP contribution in [0.3, 0.4) is 0 Å². The monoisotopic (exact) mass is 211 g/mol. The summed E-state index contributed by atoms with van der Waals surface area (Å²) in [6, 6.07) is 11.4. The van der Waals surface area contributed by atoms with E-state index in [-0.39, 0.29) is 5.71 Å². The lowest BCUT2D eigenvalue weighted by Gasteiger charge is -2.02. The predicted molar refractivity (Wildman–Crippen MR) is 60.9 cm³/mol. The Morgan fingerprint density at radius 2 is 2.19 bits per heavy atom. The number of pyridine rings is 1. The van der Waals surface area contributed by atoms with E-state index in [0.29, 0.717) is 0 Å². The zero-order chi connectivity index (χ0) is 11.4. The number of aromatic nitrogens is 1. The van der Waals surface area contributed by atoms with Crippen LogP contribution in [-0.2, 0) is 4.84 Å².